The van der Waals surface area contributed by atoms with E-state index in [0.717, 1.165) is 16.3 Å². The molecule has 0 spiro atoms. The summed E-state index contributed by atoms with van der Waals surface area (Å²) in [6, 6.07) is 10.4. The number of nitrogens with one attached hydrogen (secondary N) is 2. The summed E-state index contributed by atoms with van der Waals surface area (Å²) < 4.78 is 32.9. The van der Waals surface area contributed by atoms with Crippen LogP contribution in [0.25, 0.3) is 0 Å². The van der Waals surface area contributed by atoms with Crippen molar-refractivity contribution in [1.82, 2.24) is 4.31 Å². The zero-order chi connectivity index (χ0) is 22.8. The lowest BCUT2D eigenvalue weighted by molar-refractivity contribution is -0.123. The molecule has 3 rings (SSSR count). The van der Waals surface area contributed by atoms with Gasteiger partial charge in [-0.3, -0.25) is 9.59 Å². The Morgan fingerprint density at radius 2 is 1.87 bits per heavy atom. The summed E-state index contributed by atoms with van der Waals surface area (Å²) >= 11 is 0. The van der Waals surface area contributed by atoms with E-state index < -0.39 is 22.0 Å². The molecule has 0 aliphatic carbocycles. The Morgan fingerprint density at radius 3 is 2.48 bits per heavy atom. The molecule has 0 saturated heterocycles. The molecule has 2 N–H and O–H groups in total. The zero-order valence-corrected chi connectivity index (χ0v) is 18.9. The van der Waals surface area contributed by atoms with Gasteiger partial charge in [-0.25, -0.2) is 8.42 Å². The zero-order valence-electron chi connectivity index (χ0n) is 18.1. The van der Waals surface area contributed by atoms with Crippen LogP contribution in [0.15, 0.2) is 41.3 Å². The molecule has 0 fully saturated rings. The van der Waals surface area contributed by atoms with Gasteiger partial charge >= 0.3 is 0 Å². The third-order valence-corrected chi connectivity index (χ3v) is 7.11. The number of amides is 2. The first-order valence-corrected chi connectivity index (χ1v) is 11.6. The molecule has 0 aromatic heterocycles. The van der Waals surface area contributed by atoms with Gasteiger partial charge in [-0.15, -0.1) is 0 Å². The summed E-state index contributed by atoms with van der Waals surface area (Å²) in [7, 11) is -2.61. The summed E-state index contributed by atoms with van der Waals surface area (Å²) in [5, 5.41) is 5.45. The van der Waals surface area contributed by atoms with Gasteiger partial charge < -0.3 is 15.4 Å². The predicted molar refractivity (Wildman–Crippen MR) is 119 cm³/mol. The summed E-state index contributed by atoms with van der Waals surface area (Å²) in [6.07, 6.45) is 0.677. The molecule has 8 nitrogen and oxygen atoms in total. The third kappa shape index (κ3) is 4.88. The van der Waals surface area contributed by atoms with E-state index in [1.54, 1.807) is 25.1 Å². The van der Waals surface area contributed by atoms with Gasteiger partial charge in [0.25, 0.3) is 5.91 Å². The number of anilines is 2. The van der Waals surface area contributed by atoms with E-state index in [-0.39, 0.29) is 17.3 Å². The number of hydrogen-bond acceptors (Lipinski definition) is 5. The highest BCUT2D eigenvalue weighted by molar-refractivity contribution is 7.89. The van der Waals surface area contributed by atoms with E-state index in [9.17, 15) is 18.0 Å². The van der Waals surface area contributed by atoms with Gasteiger partial charge in [0.1, 0.15) is 5.75 Å². The van der Waals surface area contributed by atoms with Crippen LogP contribution >= 0.6 is 0 Å². The summed E-state index contributed by atoms with van der Waals surface area (Å²) in [4.78, 5) is 24.4. The van der Waals surface area contributed by atoms with E-state index in [4.69, 9.17) is 4.74 Å². The molecule has 2 aromatic carbocycles. The minimum Gasteiger partial charge on any atom is -0.478 e. The lowest BCUT2D eigenvalue weighted by Gasteiger charge is -2.27. The van der Waals surface area contributed by atoms with Crippen molar-refractivity contribution in [3.05, 3.63) is 47.5 Å². The number of rotatable bonds is 7. The first kappa shape index (κ1) is 22.8. The van der Waals surface area contributed by atoms with E-state index in [1.807, 2.05) is 26.0 Å². The number of benzene rings is 2. The molecule has 0 saturated carbocycles. The Hall–Kier alpha value is -2.91. The summed E-state index contributed by atoms with van der Waals surface area (Å²) in [5.41, 5.74) is 2.62. The van der Waals surface area contributed by atoms with Crippen molar-refractivity contribution >= 4 is 33.2 Å². The average molecular weight is 446 g/mol. The molecule has 1 aliphatic rings. The van der Waals surface area contributed by atoms with Crippen LogP contribution in [0.1, 0.15) is 31.4 Å². The van der Waals surface area contributed by atoms with E-state index in [2.05, 4.69) is 10.6 Å². The van der Waals surface area contributed by atoms with Gasteiger partial charge in [-0.1, -0.05) is 26.0 Å². The van der Waals surface area contributed by atoms with E-state index in [1.165, 1.54) is 13.1 Å². The van der Waals surface area contributed by atoms with Crippen LogP contribution in [0, 0.1) is 6.92 Å². The van der Waals surface area contributed by atoms with Gasteiger partial charge in [0.2, 0.25) is 15.9 Å². The highest BCUT2D eigenvalue weighted by Crippen LogP contribution is 2.35. The smallest absolute Gasteiger partial charge is 0.265 e. The first-order chi connectivity index (χ1) is 14.6. The molecule has 1 aliphatic heterocycles. The van der Waals surface area contributed by atoms with Crippen molar-refractivity contribution < 1.29 is 22.7 Å². The van der Waals surface area contributed by atoms with Gasteiger partial charge in [0, 0.05) is 18.8 Å². The maximum absolute atomic E-state index is 13.1. The van der Waals surface area contributed by atoms with Crippen molar-refractivity contribution in [2.75, 3.05) is 24.2 Å². The monoisotopic (exact) mass is 445 g/mol. The SMILES string of the molecule is CCc1ccc(NC(=O)CN(C)S(=O)(=O)c2cc3c(cc2C)NC(=O)C(CC)O3)cc1. The second-order valence-corrected chi connectivity index (χ2v) is 9.49. The number of nitrogens with zero attached hydrogens (tertiary/aromatic N) is 1. The first-order valence-electron chi connectivity index (χ1n) is 10.1. The lowest BCUT2D eigenvalue weighted by Crippen LogP contribution is -2.37. The van der Waals surface area contributed by atoms with Crippen LogP contribution in [0.3, 0.4) is 0 Å². The fourth-order valence-corrected chi connectivity index (χ4v) is 4.66. The van der Waals surface area contributed by atoms with Crippen LogP contribution in [-0.4, -0.2) is 44.2 Å². The van der Waals surface area contributed by atoms with Gasteiger partial charge in [0.05, 0.1) is 17.1 Å². The lowest BCUT2D eigenvalue weighted by atomic mass is 10.1. The molecule has 9 heteroatoms. The normalized spacial score (nSPS) is 15.8. The maximum Gasteiger partial charge on any atom is 0.265 e. The van der Waals surface area contributed by atoms with Crippen molar-refractivity contribution in [2.24, 2.45) is 0 Å². The second-order valence-electron chi connectivity index (χ2n) is 7.48. The summed E-state index contributed by atoms with van der Waals surface area (Å²) in [5.74, 6) is -0.407. The second kappa shape index (κ2) is 9.07. The van der Waals surface area contributed by atoms with Crippen molar-refractivity contribution in [3.8, 4) is 5.75 Å². The fourth-order valence-electron chi connectivity index (χ4n) is 3.31. The number of sulfonamides is 1. The van der Waals surface area contributed by atoms with Crippen LogP contribution in [0.2, 0.25) is 0 Å². The highest BCUT2D eigenvalue weighted by atomic mass is 32.2. The maximum atomic E-state index is 13.1. The molecular weight excluding hydrogens is 418 g/mol. The Bertz CT molecular complexity index is 1100. The number of carbonyl (C=O) groups excluding carboxylic acids is 2. The molecule has 1 atom stereocenters. The fraction of sp³-hybridized carbons (Fsp3) is 0.364. The largest absolute Gasteiger partial charge is 0.478 e. The molecule has 2 aromatic rings. The van der Waals surface area contributed by atoms with Crippen LogP contribution < -0.4 is 15.4 Å². The van der Waals surface area contributed by atoms with Gasteiger partial charge in [-0.05, 0) is 49.1 Å². The third-order valence-electron chi connectivity index (χ3n) is 5.17. The molecular formula is C22H27N3O5S. The number of hydrogen-bond donors (Lipinski definition) is 2. The highest BCUT2D eigenvalue weighted by Gasteiger charge is 2.31. The molecule has 1 heterocycles. The van der Waals surface area contributed by atoms with Crippen molar-refractivity contribution in [3.63, 3.8) is 0 Å². The number of aryl methyl sites for hydroxylation is 2. The number of likely N-dealkylation sites (N-methyl/N-ethyl adjacent to an activating group) is 1. The molecule has 0 bridgehead atoms. The van der Waals surface area contributed by atoms with Crippen LogP contribution in [0.4, 0.5) is 11.4 Å². The topological polar surface area (TPSA) is 105 Å². The number of ether oxygens (including phenoxy) is 1. The van der Waals surface area contributed by atoms with Gasteiger partial charge in [-0.2, -0.15) is 4.31 Å². The summed E-state index contributed by atoms with van der Waals surface area (Å²) in [6.45, 7) is 5.14. The Morgan fingerprint density at radius 1 is 1.19 bits per heavy atom. The standard InChI is InChI=1S/C22H27N3O5S/c1-5-15-7-9-16(10-8-15)23-21(26)13-25(4)31(28,29)20-12-19-17(11-14(20)3)24-22(27)18(6-2)30-19/h7-12,18H,5-6,13H2,1-4H3,(H,23,26)(H,24,27). The minimum absolute atomic E-state index is 0.0276. The quantitative estimate of drug-likeness (QED) is 0.682. The van der Waals surface area contributed by atoms with Gasteiger partial charge in [0.15, 0.2) is 6.10 Å². The minimum atomic E-state index is -3.96. The van der Waals surface area contributed by atoms with E-state index in [0.29, 0.717) is 29.1 Å². The number of carbonyl (C=O) groups is 2. The number of fused-ring (bicyclic) bond motifs is 1. The predicted octanol–water partition coefficient (Wildman–Crippen LogP) is 2.93. The Kier molecular flexibility index (Phi) is 6.66. The van der Waals surface area contributed by atoms with Crippen molar-refractivity contribution in [2.45, 2.75) is 44.6 Å². The van der Waals surface area contributed by atoms with Crippen LogP contribution in [0.5, 0.6) is 5.75 Å². The van der Waals surface area contributed by atoms with Crippen molar-refractivity contribution in [1.29, 1.82) is 0 Å². The molecule has 0 radical (unpaired) electrons. The van der Waals surface area contributed by atoms with Crippen LogP contribution in [-0.2, 0) is 26.0 Å². The Labute approximate surface area is 182 Å². The van der Waals surface area contributed by atoms with E-state index >= 15 is 0 Å². The molecule has 166 valence electrons. The molecule has 31 heavy (non-hydrogen) atoms. The Balaban J connectivity index is 1.77. The molecule has 2 amide bonds. The molecule has 1 unspecified atom stereocenters. The average Bonchev–Trinajstić information content (AvgIpc) is 2.73.